The summed E-state index contributed by atoms with van der Waals surface area (Å²) in [4.78, 5) is 0. The minimum absolute atomic E-state index is 0.659. The molecule has 0 amide bonds. The smallest absolute Gasteiger partial charge is 0.0419 e. The third-order valence-corrected chi connectivity index (χ3v) is 3.08. The Morgan fingerprint density at radius 1 is 0.941 bits per heavy atom. The van der Waals surface area contributed by atoms with Crippen molar-refractivity contribution in [2.75, 3.05) is 11.5 Å². The van der Waals surface area contributed by atoms with Gasteiger partial charge in [-0.2, -0.15) is 0 Å². The lowest BCUT2D eigenvalue weighted by molar-refractivity contribution is 1.58. The Bertz CT molecular complexity index is 524. The summed E-state index contributed by atoms with van der Waals surface area (Å²) in [5.41, 5.74) is 15.0. The highest BCUT2D eigenvalue weighted by atomic mass is 79.9. The van der Waals surface area contributed by atoms with E-state index in [-0.39, 0.29) is 0 Å². The van der Waals surface area contributed by atoms with Crippen molar-refractivity contribution in [1.29, 1.82) is 0 Å². The molecule has 0 spiro atoms. The van der Waals surface area contributed by atoms with Gasteiger partial charge in [-0.3, -0.25) is 0 Å². The SMILES string of the molecule is Nc1cc(N)c(C=Cc2ccccc2)c(Br)c1. The molecule has 0 bridgehead atoms. The predicted octanol–water partition coefficient (Wildman–Crippen LogP) is 3.78. The van der Waals surface area contributed by atoms with Gasteiger partial charge in [0.2, 0.25) is 0 Å². The Morgan fingerprint density at radius 3 is 2.29 bits per heavy atom. The molecule has 4 N–H and O–H groups in total. The molecule has 0 atom stereocenters. The van der Waals surface area contributed by atoms with Crippen molar-refractivity contribution in [2.24, 2.45) is 0 Å². The van der Waals surface area contributed by atoms with Gasteiger partial charge in [-0.1, -0.05) is 58.4 Å². The lowest BCUT2D eigenvalue weighted by Gasteiger charge is -2.05. The highest BCUT2D eigenvalue weighted by Crippen LogP contribution is 2.28. The third-order valence-electron chi connectivity index (χ3n) is 2.43. The zero-order valence-corrected chi connectivity index (χ0v) is 10.8. The van der Waals surface area contributed by atoms with Crippen molar-refractivity contribution < 1.29 is 0 Å². The van der Waals surface area contributed by atoms with Gasteiger partial charge in [-0.05, 0) is 17.7 Å². The maximum Gasteiger partial charge on any atom is 0.0419 e. The third kappa shape index (κ3) is 2.88. The number of benzene rings is 2. The summed E-state index contributed by atoms with van der Waals surface area (Å²) in [7, 11) is 0. The molecule has 0 saturated heterocycles. The van der Waals surface area contributed by atoms with Crippen LogP contribution in [0, 0.1) is 0 Å². The summed E-state index contributed by atoms with van der Waals surface area (Å²) in [6.45, 7) is 0. The van der Waals surface area contributed by atoms with Gasteiger partial charge in [0, 0.05) is 21.4 Å². The van der Waals surface area contributed by atoms with Crippen molar-refractivity contribution in [2.45, 2.75) is 0 Å². The largest absolute Gasteiger partial charge is 0.399 e. The van der Waals surface area contributed by atoms with Crippen LogP contribution in [0.5, 0.6) is 0 Å². The van der Waals surface area contributed by atoms with Crippen molar-refractivity contribution in [1.82, 2.24) is 0 Å². The second-order valence-electron chi connectivity index (χ2n) is 3.75. The number of halogens is 1. The van der Waals surface area contributed by atoms with E-state index in [0.29, 0.717) is 11.4 Å². The molecule has 3 heteroatoms. The number of anilines is 2. The van der Waals surface area contributed by atoms with Crippen LogP contribution in [0.3, 0.4) is 0 Å². The molecule has 0 aliphatic rings. The van der Waals surface area contributed by atoms with E-state index in [2.05, 4.69) is 15.9 Å². The summed E-state index contributed by atoms with van der Waals surface area (Å²) in [5, 5.41) is 0. The molecule has 2 rings (SSSR count). The summed E-state index contributed by atoms with van der Waals surface area (Å²) >= 11 is 3.46. The Labute approximate surface area is 109 Å². The van der Waals surface area contributed by atoms with E-state index in [0.717, 1.165) is 15.6 Å². The molecule has 0 saturated carbocycles. The first-order chi connectivity index (χ1) is 8.16. The molecule has 0 aliphatic heterocycles. The van der Waals surface area contributed by atoms with E-state index in [1.807, 2.05) is 48.6 Å². The minimum Gasteiger partial charge on any atom is -0.399 e. The van der Waals surface area contributed by atoms with Gasteiger partial charge in [0.05, 0.1) is 0 Å². The molecule has 0 unspecified atom stereocenters. The first-order valence-electron chi connectivity index (χ1n) is 5.24. The zero-order valence-electron chi connectivity index (χ0n) is 9.23. The highest BCUT2D eigenvalue weighted by molar-refractivity contribution is 9.10. The molecule has 17 heavy (non-hydrogen) atoms. The fraction of sp³-hybridized carbons (Fsp3) is 0. The summed E-state index contributed by atoms with van der Waals surface area (Å²) in [6.07, 6.45) is 4.00. The van der Waals surface area contributed by atoms with Gasteiger partial charge in [0.25, 0.3) is 0 Å². The van der Waals surface area contributed by atoms with Crippen LogP contribution in [0.1, 0.15) is 11.1 Å². The van der Waals surface area contributed by atoms with E-state index in [9.17, 15) is 0 Å². The van der Waals surface area contributed by atoms with Crippen LogP contribution in [-0.2, 0) is 0 Å². The van der Waals surface area contributed by atoms with Crippen molar-refractivity contribution in [3.8, 4) is 0 Å². The molecular weight excluding hydrogens is 276 g/mol. The minimum atomic E-state index is 0.659. The number of nitrogen functional groups attached to an aromatic ring is 2. The highest BCUT2D eigenvalue weighted by Gasteiger charge is 2.02. The molecule has 0 heterocycles. The average Bonchev–Trinajstić information content (AvgIpc) is 2.29. The molecular formula is C14H13BrN2. The van der Waals surface area contributed by atoms with Crippen LogP contribution in [0.15, 0.2) is 46.9 Å². The number of hydrogen-bond acceptors (Lipinski definition) is 2. The van der Waals surface area contributed by atoms with Gasteiger partial charge in [-0.15, -0.1) is 0 Å². The molecule has 0 aliphatic carbocycles. The van der Waals surface area contributed by atoms with E-state index in [1.54, 1.807) is 6.07 Å². The quantitative estimate of drug-likeness (QED) is 0.653. The van der Waals surface area contributed by atoms with E-state index in [4.69, 9.17) is 11.5 Å². The Balaban J connectivity index is 2.34. The lowest BCUT2D eigenvalue weighted by Crippen LogP contribution is -1.94. The average molecular weight is 289 g/mol. The molecule has 2 nitrogen and oxygen atoms in total. The second kappa shape index (κ2) is 5.06. The maximum atomic E-state index is 5.93. The fourth-order valence-electron chi connectivity index (χ4n) is 1.58. The first kappa shape index (κ1) is 11.7. The topological polar surface area (TPSA) is 52.0 Å². The second-order valence-corrected chi connectivity index (χ2v) is 4.60. The Morgan fingerprint density at radius 2 is 1.65 bits per heavy atom. The van der Waals surface area contributed by atoms with Crippen LogP contribution in [-0.4, -0.2) is 0 Å². The Hall–Kier alpha value is -1.74. The van der Waals surface area contributed by atoms with Crippen LogP contribution >= 0.6 is 15.9 Å². The van der Waals surface area contributed by atoms with Crippen molar-refractivity contribution in [3.63, 3.8) is 0 Å². The normalized spacial score (nSPS) is 10.9. The van der Waals surface area contributed by atoms with E-state index >= 15 is 0 Å². The maximum absolute atomic E-state index is 5.93. The van der Waals surface area contributed by atoms with Crippen molar-refractivity contribution in [3.05, 3.63) is 58.1 Å². The fourth-order valence-corrected chi connectivity index (χ4v) is 2.21. The summed E-state index contributed by atoms with van der Waals surface area (Å²) in [6, 6.07) is 13.7. The van der Waals surface area contributed by atoms with Gasteiger partial charge < -0.3 is 11.5 Å². The predicted molar refractivity (Wildman–Crippen MR) is 78.3 cm³/mol. The van der Waals surface area contributed by atoms with E-state index < -0.39 is 0 Å². The number of hydrogen-bond donors (Lipinski definition) is 2. The van der Waals surface area contributed by atoms with Crippen LogP contribution in [0.25, 0.3) is 12.2 Å². The van der Waals surface area contributed by atoms with Gasteiger partial charge >= 0.3 is 0 Å². The van der Waals surface area contributed by atoms with Crippen LogP contribution < -0.4 is 11.5 Å². The molecule has 2 aromatic rings. The number of rotatable bonds is 2. The summed E-state index contributed by atoms with van der Waals surface area (Å²) < 4.78 is 0.905. The molecule has 0 fully saturated rings. The van der Waals surface area contributed by atoms with Gasteiger partial charge in [0.1, 0.15) is 0 Å². The van der Waals surface area contributed by atoms with E-state index in [1.165, 1.54) is 0 Å². The zero-order chi connectivity index (χ0) is 12.3. The van der Waals surface area contributed by atoms with Crippen LogP contribution in [0.2, 0.25) is 0 Å². The molecule has 2 aromatic carbocycles. The van der Waals surface area contributed by atoms with Gasteiger partial charge in [-0.25, -0.2) is 0 Å². The van der Waals surface area contributed by atoms with Crippen LogP contribution in [0.4, 0.5) is 11.4 Å². The first-order valence-corrected chi connectivity index (χ1v) is 6.04. The molecule has 0 radical (unpaired) electrons. The number of nitrogens with two attached hydrogens (primary N) is 2. The summed E-state index contributed by atoms with van der Waals surface area (Å²) in [5.74, 6) is 0. The molecule has 0 aromatic heterocycles. The Kier molecular flexibility index (Phi) is 3.49. The monoisotopic (exact) mass is 288 g/mol. The standard InChI is InChI=1S/C14H13BrN2/c15-13-8-11(16)9-14(17)12(13)7-6-10-4-2-1-3-5-10/h1-9H,16-17H2. The van der Waals surface area contributed by atoms with Gasteiger partial charge in [0.15, 0.2) is 0 Å². The molecule has 86 valence electrons. The van der Waals surface area contributed by atoms with Crippen molar-refractivity contribution >= 4 is 39.5 Å². The lowest BCUT2D eigenvalue weighted by atomic mass is 10.1.